The lowest BCUT2D eigenvalue weighted by Gasteiger charge is -2.12. The molecule has 1 radical (unpaired) electrons. The third kappa shape index (κ3) is 11.8. The van der Waals surface area contributed by atoms with Crippen LogP contribution in [-0.2, 0) is 18.9 Å². The van der Waals surface area contributed by atoms with Gasteiger partial charge in [-0.2, -0.15) is 0 Å². The fourth-order valence-corrected chi connectivity index (χ4v) is 0.960. The van der Waals surface area contributed by atoms with Gasteiger partial charge in [-0.1, -0.05) is 0 Å². The molecule has 0 aliphatic carbocycles. The van der Waals surface area contributed by atoms with Crippen molar-refractivity contribution in [3.63, 3.8) is 0 Å². The van der Waals surface area contributed by atoms with E-state index in [1.165, 1.54) is 0 Å². The molecule has 0 aromatic carbocycles. The van der Waals surface area contributed by atoms with Gasteiger partial charge in [0, 0.05) is 20.3 Å². The van der Waals surface area contributed by atoms with Crippen LogP contribution in [0.15, 0.2) is 0 Å². The van der Waals surface area contributed by atoms with E-state index in [2.05, 4.69) is 6.92 Å². The zero-order chi connectivity index (χ0) is 11.4. The van der Waals surface area contributed by atoms with Crippen LogP contribution in [-0.4, -0.2) is 52.9 Å². The van der Waals surface area contributed by atoms with Gasteiger partial charge in [-0.3, -0.25) is 0 Å². The van der Waals surface area contributed by atoms with E-state index >= 15 is 0 Å². The molecule has 1 unspecified atom stereocenters. The van der Waals surface area contributed by atoms with E-state index in [-0.39, 0.29) is 6.10 Å². The predicted octanol–water partition coefficient (Wildman–Crippen LogP) is 1.30. The highest BCUT2D eigenvalue weighted by molar-refractivity contribution is 4.59. The van der Waals surface area contributed by atoms with Gasteiger partial charge in [0.2, 0.25) is 0 Å². The first kappa shape index (κ1) is 14.8. The first-order valence-corrected chi connectivity index (χ1v) is 5.40. The number of methoxy groups -OCH3 is 1. The van der Waals surface area contributed by atoms with Crippen LogP contribution >= 0.6 is 0 Å². The van der Waals surface area contributed by atoms with Gasteiger partial charge in [-0.15, -0.1) is 0 Å². The van der Waals surface area contributed by atoms with E-state index in [0.717, 1.165) is 13.0 Å². The van der Waals surface area contributed by atoms with Crippen LogP contribution in [0.2, 0.25) is 0 Å². The summed E-state index contributed by atoms with van der Waals surface area (Å²) in [7, 11) is 1.66. The fourth-order valence-electron chi connectivity index (χ4n) is 0.960. The molecular formula is C11H23O4. The van der Waals surface area contributed by atoms with Crippen molar-refractivity contribution >= 4 is 0 Å². The number of hydrogen-bond donors (Lipinski definition) is 0. The molecule has 0 bridgehead atoms. The van der Waals surface area contributed by atoms with Gasteiger partial charge in [0.05, 0.1) is 32.5 Å². The van der Waals surface area contributed by atoms with Gasteiger partial charge >= 0.3 is 0 Å². The standard InChI is InChI=1S/C11H23O4/c1-4-13-9-10-15-11(2)5-6-14-8-7-12-3/h11H,2,4-10H2,1,3H3. The molecule has 0 rings (SSSR count). The predicted molar refractivity (Wildman–Crippen MR) is 58.9 cm³/mol. The Balaban J connectivity index is 3.08. The molecule has 0 saturated heterocycles. The molecule has 0 aliphatic rings. The maximum Gasteiger partial charge on any atom is 0.0704 e. The lowest BCUT2D eigenvalue weighted by Crippen LogP contribution is -2.16. The molecular weight excluding hydrogens is 196 g/mol. The van der Waals surface area contributed by atoms with Crippen molar-refractivity contribution in [3.05, 3.63) is 6.92 Å². The quantitative estimate of drug-likeness (QED) is 0.491. The topological polar surface area (TPSA) is 36.9 Å². The van der Waals surface area contributed by atoms with Gasteiger partial charge < -0.3 is 18.9 Å². The van der Waals surface area contributed by atoms with Crippen molar-refractivity contribution in [2.45, 2.75) is 19.4 Å². The van der Waals surface area contributed by atoms with E-state index in [9.17, 15) is 0 Å². The van der Waals surface area contributed by atoms with Crippen LogP contribution in [0.25, 0.3) is 0 Å². The number of rotatable bonds is 11. The lowest BCUT2D eigenvalue weighted by atomic mass is 10.3. The Morgan fingerprint density at radius 2 is 1.73 bits per heavy atom. The maximum atomic E-state index is 5.40. The van der Waals surface area contributed by atoms with Gasteiger partial charge in [-0.25, -0.2) is 0 Å². The summed E-state index contributed by atoms with van der Waals surface area (Å²) in [6.45, 7) is 9.70. The Hall–Kier alpha value is -0.160. The molecule has 0 spiro atoms. The van der Waals surface area contributed by atoms with E-state index < -0.39 is 0 Å². The van der Waals surface area contributed by atoms with Crippen molar-refractivity contribution in [1.82, 2.24) is 0 Å². The summed E-state index contributed by atoms with van der Waals surface area (Å²) in [6, 6.07) is 0. The van der Waals surface area contributed by atoms with Gasteiger partial charge in [0.1, 0.15) is 0 Å². The molecule has 4 heteroatoms. The Morgan fingerprint density at radius 1 is 1.00 bits per heavy atom. The minimum atomic E-state index is -0.0204. The molecule has 0 saturated carbocycles. The Bertz CT molecular complexity index is 119. The van der Waals surface area contributed by atoms with E-state index in [0.29, 0.717) is 33.0 Å². The maximum absolute atomic E-state index is 5.40. The highest BCUT2D eigenvalue weighted by Gasteiger charge is 2.01. The van der Waals surface area contributed by atoms with Crippen LogP contribution in [0.1, 0.15) is 13.3 Å². The summed E-state index contributed by atoms with van der Waals surface area (Å²) < 4.78 is 20.7. The molecule has 0 fully saturated rings. The average Bonchev–Trinajstić information content (AvgIpc) is 2.24. The molecule has 4 nitrogen and oxygen atoms in total. The first-order valence-electron chi connectivity index (χ1n) is 5.40. The molecule has 1 atom stereocenters. The zero-order valence-electron chi connectivity index (χ0n) is 9.87. The third-order valence-corrected chi connectivity index (χ3v) is 1.80. The summed E-state index contributed by atoms with van der Waals surface area (Å²) in [5.41, 5.74) is 0. The second-order valence-corrected chi connectivity index (χ2v) is 3.08. The largest absolute Gasteiger partial charge is 0.382 e. The molecule has 15 heavy (non-hydrogen) atoms. The van der Waals surface area contributed by atoms with E-state index in [1.54, 1.807) is 7.11 Å². The molecule has 0 amide bonds. The Morgan fingerprint density at radius 3 is 2.40 bits per heavy atom. The highest BCUT2D eigenvalue weighted by atomic mass is 16.5. The summed E-state index contributed by atoms with van der Waals surface area (Å²) in [4.78, 5) is 0. The molecule has 91 valence electrons. The minimum Gasteiger partial charge on any atom is -0.382 e. The van der Waals surface area contributed by atoms with Gasteiger partial charge in [0.25, 0.3) is 0 Å². The zero-order valence-corrected chi connectivity index (χ0v) is 9.87. The van der Waals surface area contributed by atoms with Crippen LogP contribution in [0.4, 0.5) is 0 Å². The summed E-state index contributed by atoms with van der Waals surface area (Å²) in [6.07, 6.45) is 0.781. The van der Waals surface area contributed by atoms with Crippen molar-refractivity contribution in [2.75, 3.05) is 46.8 Å². The molecule has 0 aromatic heterocycles. The number of ether oxygens (including phenoxy) is 4. The summed E-state index contributed by atoms with van der Waals surface area (Å²) in [5.74, 6) is 0. The molecule has 0 aromatic rings. The average molecular weight is 219 g/mol. The molecule has 0 aliphatic heterocycles. The SMILES string of the molecule is [CH2]C(CCOCCOC)OCCOCC. The Kier molecular flexibility index (Phi) is 11.8. The van der Waals surface area contributed by atoms with Crippen LogP contribution in [0, 0.1) is 6.92 Å². The van der Waals surface area contributed by atoms with Gasteiger partial charge in [-0.05, 0) is 20.3 Å². The van der Waals surface area contributed by atoms with Crippen LogP contribution in [0.5, 0.6) is 0 Å². The van der Waals surface area contributed by atoms with Crippen molar-refractivity contribution in [3.8, 4) is 0 Å². The molecule has 0 heterocycles. The summed E-state index contributed by atoms with van der Waals surface area (Å²) >= 11 is 0. The van der Waals surface area contributed by atoms with E-state index in [1.807, 2.05) is 6.92 Å². The van der Waals surface area contributed by atoms with Crippen LogP contribution < -0.4 is 0 Å². The van der Waals surface area contributed by atoms with Crippen molar-refractivity contribution < 1.29 is 18.9 Å². The Labute approximate surface area is 92.8 Å². The third-order valence-electron chi connectivity index (χ3n) is 1.80. The van der Waals surface area contributed by atoms with Crippen molar-refractivity contribution in [1.29, 1.82) is 0 Å². The van der Waals surface area contributed by atoms with Crippen LogP contribution in [0.3, 0.4) is 0 Å². The fraction of sp³-hybridized carbons (Fsp3) is 0.909. The van der Waals surface area contributed by atoms with Gasteiger partial charge in [0.15, 0.2) is 0 Å². The second-order valence-electron chi connectivity index (χ2n) is 3.08. The number of hydrogen-bond acceptors (Lipinski definition) is 4. The second kappa shape index (κ2) is 11.9. The lowest BCUT2D eigenvalue weighted by molar-refractivity contribution is 0.00386. The smallest absolute Gasteiger partial charge is 0.0704 e. The monoisotopic (exact) mass is 219 g/mol. The van der Waals surface area contributed by atoms with Crippen molar-refractivity contribution in [2.24, 2.45) is 0 Å². The molecule has 0 N–H and O–H groups in total. The first-order chi connectivity index (χ1) is 7.31. The minimum absolute atomic E-state index is 0.0204. The normalized spacial score (nSPS) is 13.0. The summed E-state index contributed by atoms with van der Waals surface area (Å²) in [5, 5.41) is 0. The van der Waals surface area contributed by atoms with E-state index in [4.69, 9.17) is 18.9 Å². The highest BCUT2D eigenvalue weighted by Crippen LogP contribution is 1.97.